The van der Waals surface area contributed by atoms with Crippen LogP contribution in [0.1, 0.15) is 19.4 Å². The normalized spacial score (nSPS) is 12.2. The van der Waals surface area contributed by atoms with Crippen LogP contribution in [0, 0.1) is 5.82 Å². The molecule has 1 rings (SSSR count). The molecule has 0 heterocycles. The van der Waals surface area contributed by atoms with Crippen LogP contribution in [-0.4, -0.2) is 25.0 Å². The number of carbonyl (C=O) groups excluding carboxylic acids is 1. The highest BCUT2D eigenvalue weighted by Gasteiger charge is 2.02. The van der Waals surface area contributed by atoms with Crippen molar-refractivity contribution in [3.8, 4) is 0 Å². The Bertz CT molecular complexity index is 351. The van der Waals surface area contributed by atoms with Crippen LogP contribution < -0.4 is 10.6 Å². The number of hydrogen-bond acceptors (Lipinski definition) is 2. The molecule has 0 aliphatic carbocycles. The Balaban J connectivity index is 2.22. The summed E-state index contributed by atoms with van der Waals surface area (Å²) in [5, 5.41) is 6.01. The first-order valence-electron chi connectivity index (χ1n) is 5.80. The van der Waals surface area contributed by atoms with E-state index in [1.54, 1.807) is 12.1 Å². The van der Waals surface area contributed by atoms with Gasteiger partial charge in [0.05, 0.1) is 0 Å². The Morgan fingerprint density at radius 2 is 1.94 bits per heavy atom. The van der Waals surface area contributed by atoms with Crippen molar-refractivity contribution < 1.29 is 9.18 Å². The summed E-state index contributed by atoms with van der Waals surface area (Å²) in [4.78, 5) is 10.6. The predicted octanol–water partition coefficient (Wildman–Crippen LogP) is 1.48. The van der Waals surface area contributed by atoms with Gasteiger partial charge in [-0.05, 0) is 31.0 Å². The lowest BCUT2D eigenvalue weighted by Crippen LogP contribution is -2.35. The molecule has 17 heavy (non-hydrogen) atoms. The van der Waals surface area contributed by atoms with Crippen molar-refractivity contribution in [2.75, 3.05) is 13.1 Å². The van der Waals surface area contributed by atoms with E-state index in [-0.39, 0.29) is 11.7 Å². The summed E-state index contributed by atoms with van der Waals surface area (Å²) in [5.41, 5.74) is 1.10. The summed E-state index contributed by atoms with van der Waals surface area (Å²) in [7, 11) is 0. The van der Waals surface area contributed by atoms with Crippen LogP contribution in [-0.2, 0) is 11.2 Å². The van der Waals surface area contributed by atoms with E-state index in [1.807, 2.05) is 0 Å². The molecule has 0 aromatic heterocycles. The van der Waals surface area contributed by atoms with E-state index in [0.29, 0.717) is 12.6 Å². The number of amides is 1. The number of benzene rings is 1. The first-order valence-corrected chi connectivity index (χ1v) is 5.80. The third kappa shape index (κ3) is 6.02. The second-order valence-electron chi connectivity index (χ2n) is 4.17. The second kappa shape index (κ2) is 7.01. The third-order valence-electron chi connectivity index (χ3n) is 2.45. The van der Waals surface area contributed by atoms with Crippen molar-refractivity contribution in [1.29, 1.82) is 0 Å². The van der Waals surface area contributed by atoms with Crippen LogP contribution in [0.3, 0.4) is 0 Å². The molecule has 0 bridgehead atoms. The zero-order valence-electron chi connectivity index (χ0n) is 10.3. The molecule has 3 nitrogen and oxygen atoms in total. The highest BCUT2D eigenvalue weighted by Crippen LogP contribution is 2.05. The minimum atomic E-state index is -0.208. The van der Waals surface area contributed by atoms with Gasteiger partial charge in [0, 0.05) is 26.1 Å². The van der Waals surface area contributed by atoms with E-state index < -0.39 is 0 Å². The van der Waals surface area contributed by atoms with Crippen LogP contribution >= 0.6 is 0 Å². The average Bonchev–Trinajstić information content (AvgIpc) is 2.27. The number of halogens is 1. The SMILES string of the molecule is CC(=O)NCCN[C@@H](C)Cc1ccc(F)cc1. The molecule has 1 aromatic rings. The van der Waals surface area contributed by atoms with E-state index >= 15 is 0 Å². The van der Waals surface area contributed by atoms with E-state index in [1.165, 1.54) is 19.1 Å². The van der Waals surface area contributed by atoms with Gasteiger partial charge in [-0.25, -0.2) is 4.39 Å². The van der Waals surface area contributed by atoms with E-state index in [9.17, 15) is 9.18 Å². The molecule has 1 aromatic carbocycles. The summed E-state index contributed by atoms with van der Waals surface area (Å²) in [6.45, 7) is 4.93. The molecule has 0 saturated heterocycles. The fraction of sp³-hybridized carbons (Fsp3) is 0.462. The number of hydrogen-bond donors (Lipinski definition) is 2. The Labute approximate surface area is 101 Å². The minimum absolute atomic E-state index is 0.0158. The largest absolute Gasteiger partial charge is 0.355 e. The molecule has 0 fully saturated rings. The number of nitrogens with one attached hydrogen (secondary N) is 2. The molecule has 0 aliphatic rings. The van der Waals surface area contributed by atoms with Gasteiger partial charge in [-0.1, -0.05) is 12.1 Å². The maximum Gasteiger partial charge on any atom is 0.216 e. The Morgan fingerprint density at radius 3 is 2.53 bits per heavy atom. The van der Waals surface area contributed by atoms with E-state index in [4.69, 9.17) is 0 Å². The lowest BCUT2D eigenvalue weighted by atomic mass is 10.1. The van der Waals surface area contributed by atoms with E-state index in [2.05, 4.69) is 17.6 Å². The molecule has 0 unspecified atom stereocenters. The van der Waals surface area contributed by atoms with Crippen molar-refractivity contribution in [2.24, 2.45) is 0 Å². The molecule has 0 spiro atoms. The highest BCUT2D eigenvalue weighted by atomic mass is 19.1. The van der Waals surface area contributed by atoms with Gasteiger partial charge in [-0.3, -0.25) is 4.79 Å². The van der Waals surface area contributed by atoms with Gasteiger partial charge in [0.1, 0.15) is 5.82 Å². The highest BCUT2D eigenvalue weighted by molar-refractivity contribution is 5.72. The minimum Gasteiger partial charge on any atom is -0.355 e. The molecule has 0 aliphatic heterocycles. The fourth-order valence-electron chi connectivity index (χ4n) is 1.60. The van der Waals surface area contributed by atoms with Gasteiger partial charge in [0.2, 0.25) is 5.91 Å². The number of carbonyl (C=O) groups is 1. The van der Waals surface area contributed by atoms with Gasteiger partial charge in [-0.15, -0.1) is 0 Å². The Morgan fingerprint density at radius 1 is 1.29 bits per heavy atom. The predicted molar refractivity (Wildman–Crippen MR) is 66.3 cm³/mol. The zero-order chi connectivity index (χ0) is 12.7. The maximum absolute atomic E-state index is 12.7. The van der Waals surface area contributed by atoms with Crippen LogP contribution in [0.4, 0.5) is 4.39 Å². The molecule has 1 atom stereocenters. The third-order valence-corrected chi connectivity index (χ3v) is 2.45. The molecule has 0 radical (unpaired) electrons. The van der Waals surface area contributed by atoms with Gasteiger partial charge in [-0.2, -0.15) is 0 Å². The molecule has 1 amide bonds. The van der Waals surface area contributed by atoms with Gasteiger partial charge < -0.3 is 10.6 Å². The lowest BCUT2D eigenvalue weighted by Gasteiger charge is -2.13. The standard InChI is InChI=1S/C13H19FN2O/c1-10(15-7-8-16-11(2)17)9-12-3-5-13(14)6-4-12/h3-6,10,15H,7-9H2,1-2H3,(H,16,17)/t10-/m0/s1. The topological polar surface area (TPSA) is 41.1 Å². The summed E-state index contributed by atoms with van der Waals surface area (Å²) >= 11 is 0. The van der Waals surface area contributed by atoms with Crippen LogP contribution in [0.15, 0.2) is 24.3 Å². The fourth-order valence-corrected chi connectivity index (χ4v) is 1.60. The molecule has 94 valence electrons. The Kier molecular flexibility index (Phi) is 5.63. The zero-order valence-corrected chi connectivity index (χ0v) is 10.3. The summed E-state index contributed by atoms with van der Waals surface area (Å²) in [6.07, 6.45) is 0.848. The van der Waals surface area contributed by atoms with Gasteiger partial charge in [0.15, 0.2) is 0 Å². The summed E-state index contributed by atoms with van der Waals surface area (Å²) in [5.74, 6) is -0.224. The molecule has 4 heteroatoms. The average molecular weight is 238 g/mol. The van der Waals surface area contributed by atoms with Crippen LogP contribution in [0.25, 0.3) is 0 Å². The summed E-state index contributed by atoms with van der Waals surface area (Å²) in [6, 6.07) is 6.83. The molecule has 0 saturated carbocycles. The first kappa shape index (κ1) is 13.6. The van der Waals surface area contributed by atoms with Crippen LogP contribution in [0.5, 0.6) is 0 Å². The van der Waals surface area contributed by atoms with Crippen molar-refractivity contribution >= 4 is 5.91 Å². The van der Waals surface area contributed by atoms with Crippen molar-refractivity contribution in [2.45, 2.75) is 26.3 Å². The lowest BCUT2D eigenvalue weighted by molar-refractivity contribution is -0.118. The van der Waals surface area contributed by atoms with Crippen molar-refractivity contribution in [1.82, 2.24) is 10.6 Å². The second-order valence-corrected chi connectivity index (χ2v) is 4.17. The molecule has 2 N–H and O–H groups in total. The Hall–Kier alpha value is -1.42. The molecular weight excluding hydrogens is 219 g/mol. The monoisotopic (exact) mass is 238 g/mol. The van der Waals surface area contributed by atoms with Crippen LogP contribution in [0.2, 0.25) is 0 Å². The van der Waals surface area contributed by atoms with Crippen molar-refractivity contribution in [3.05, 3.63) is 35.6 Å². The number of rotatable bonds is 6. The van der Waals surface area contributed by atoms with Gasteiger partial charge >= 0.3 is 0 Å². The summed E-state index contributed by atoms with van der Waals surface area (Å²) < 4.78 is 12.7. The van der Waals surface area contributed by atoms with Crippen molar-refractivity contribution in [3.63, 3.8) is 0 Å². The van der Waals surface area contributed by atoms with Gasteiger partial charge in [0.25, 0.3) is 0 Å². The van der Waals surface area contributed by atoms with E-state index in [0.717, 1.165) is 18.5 Å². The maximum atomic E-state index is 12.7. The first-order chi connectivity index (χ1) is 8.08. The smallest absolute Gasteiger partial charge is 0.216 e. The quantitative estimate of drug-likeness (QED) is 0.737. The molecular formula is C13H19FN2O.